The first-order valence-electron chi connectivity index (χ1n) is 6.55. The minimum Gasteiger partial charge on any atom is -0.387 e. The summed E-state index contributed by atoms with van der Waals surface area (Å²) in [6.45, 7) is 0.520. The zero-order valence-corrected chi connectivity index (χ0v) is 12.0. The largest absolute Gasteiger partial charge is 0.387 e. The van der Waals surface area contributed by atoms with Gasteiger partial charge in [-0.15, -0.1) is 0 Å². The van der Waals surface area contributed by atoms with Crippen LogP contribution in [0.4, 0.5) is 0 Å². The normalized spacial score (nSPS) is 17.8. The van der Waals surface area contributed by atoms with Crippen LogP contribution in [0.2, 0.25) is 0 Å². The Morgan fingerprint density at radius 3 is 2.37 bits per heavy atom. The minimum atomic E-state index is -3.12. The van der Waals surface area contributed by atoms with E-state index >= 15 is 0 Å². The molecule has 1 aliphatic carbocycles. The molecular weight excluding hydrogens is 260 g/mol. The van der Waals surface area contributed by atoms with E-state index in [0.717, 1.165) is 24.2 Å². The molecule has 0 aliphatic heterocycles. The van der Waals surface area contributed by atoms with E-state index in [9.17, 15) is 8.42 Å². The van der Waals surface area contributed by atoms with Gasteiger partial charge in [0.25, 0.3) is 0 Å². The highest BCUT2D eigenvalue weighted by molar-refractivity contribution is 7.90. The second-order valence-electron chi connectivity index (χ2n) is 5.14. The smallest absolute Gasteiger partial charge is 0.175 e. The van der Waals surface area contributed by atoms with Gasteiger partial charge in [-0.2, -0.15) is 0 Å². The number of benzene rings is 1. The van der Waals surface area contributed by atoms with Gasteiger partial charge in [-0.25, -0.2) is 8.42 Å². The molecule has 0 saturated heterocycles. The Balaban J connectivity index is 2.01. The molecule has 1 aromatic carbocycles. The van der Waals surface area contributed by atoms with Crippen LogP contribution < -0.4 is 5.73 Å². The van der Waals surface area contributed by atoms with Crippen LogP contribution in [0, 0.1) is 5.92 Å². The summed E-state index contributed by atoms with van der Waals surface area (Å²) >= 11 is 0. The zero-order valence-electron chi connectivity index (χ0n) is 11.2. The number of nitrogens with two attached hydrogens (primary N) is 1. The Bertz CT molecular complexity index is 556. The third kappa shape index (κ3) is 3.80. The van der Waals surface area contributed by atoms with Crippen molar-refractivity contribution in [1.29, 1.82) is 0 Å². The quantitative estimate of drug-likeness (QED) is 0.678. The number of hydrogen-bond acceptors (Lipinski definition) is 3. The molecule has 1 fully saturated rings. The monoisotopic (exact) mass is 280 g/mol. The van der Waals surface area contributed by atoms with E-state index in [1.807, 2.05) is 0 Å². The van der Waals surface area contributed by atoms with Crippen molar-refractivity contribution in [3.8, 4) is 0 Å². The van der Waals surface area contributed by atoms with Crippen LogP contribution in [0.25, 0.3) is 0 Å². The second kappa shape index (κ2) is 5.74. The fourth-order valence-electron chi connectivity index (χ4n) is 2.38. The molecule has 4 nitrogen and oxygen atoms in total. The van der Waals surface area contributed by atoms with Gasteiger partial charge in [0.15, 0.2) is 9.84 Å². The molecular formula is C14H20N2O2S. The number of hydrogen-bond donors (Lipinski definition) is 1. The maximum atomic E-state index is 11.3. The molecule has 0 radical (unpaired) electrons. The average Bonchev–Trinajstić information content (AvgIpc) is 2.89. The molecule has 0 amide bonds. The molecule has 0 aromatic heterocycles. The van der Waals surface area contributed by atoms with E-state index in [2.05, 4.69) is 4.99 Å². The second-order valence-corrected chi connectivity index (χ2v) is 7.15. The lowest BCUT2D eigenvalue weighted by molar-refractivity contribution is 0.602. The molecule has 0 bridgehead atoms. The van der Waals surface area contributed by atoms with Gasteiger partial charge < -0.3 is 5.73 Å². The highest BCUT2D eigenvalue weighted by Gasteiger charge is 2.18. The summed E-state index contributed by atoms with van der Waals surface area (Å²) in [6, 6.07) is 6.82. The predicted octanol–water partition coefficient (Wildman–Crippen LogP) is 2.14. The maximum Gasteiger partial charge on any atom is 0.175 e. The van der Waals surface area contributed by atoms with E-state index in [4.69, 9.17) is 5.73 Å². The summed E-state index contributed by atoms with van der Waals surface area (Å²) in [7, 11) is -3.12. The fraction of sp³-hybridized carbons (Fsp3) is 0.500. The highest BCUT2D eigenvalue weighted by atomic mass is 32.2. The van der Waals surface area contributed by atoms with Crippen molar-refractivity contribution in [2.45, 2.75) is 37.1 Å². The van der Waals surface area contributed by atoms with Crippen LogP contribution in [-0.2, 0) is 16.4 Å². The Hall–Kier alpha value is -1.36. The first-order valence-corrected chi connectivity index (χ1v) is 8.45. The maximum absolute atomic E-state index is 11.3. The molecule has 0 heterocycles. The van der Waals surface area contributed by atoms with Gasteiger partial charge in [0.05, 0.1) is 17.3 Å². The molecule has 0 atom stereocenters. The van der Waals surface area contributed by atoms with Crippen LogP contribution in [0.15, 0.2) is 34.2 Å². The molecule has 1 aliphatic rings. The van der Waals surface area contributed by atoms with Gasteiger partial charge in [-0.05, 0) is 30.5 Å². The van der Waals surface area contributed by atoms with Gasteiger partial charge >= 0.3 is 0 Å². The van der Waals surface area contributed by atoms with Crippen molar-refractivity contribution >= 4 is 15.7 Å². The summed E-state index contributed by atoms with van der Waals surface area (Å²) in [5.74, 6) is 1.18. The van der Waals surface area contributed by atoms with Crippen molar-refractivity contribution in [1.82, 2.24) is 0 Å². The first-order chi connectivity index (χ1) is 8.97. The lowest BCUT2D eigenvalue weighted by Crippen LogP contribution is -2.21. The van der Waals surface area contributed by atoms with Crippen LogP contribution in [-0.4, -0.2) is 20.5 Å². The molecule has 1 saturated carbocycles. The molecule has 2 rings (SSSR count). The van der Waals surface area contributed by atoms with Crippen molar-refractivity contribution in [3.63, 3.8) is 0 Å². The Labute approximate surface area is 114 Å². The fourth-order valence-corrected chi connectivity index (χ4v) is 3.01. The van der Waals surface area contributed by atoms with Gasteiger partial charge in [0.2, 0.25) is 0 Å². The molecule has 1 aromatic rings. The molecule has 2 N–H and O–H groups in total. The first kappa shape index (κ1) is 14.1. The van der Waals surface area contributed by atoms with Crippen LogP contribution in [0.1, 0.15) is 31.2 Å². The van der Waals surface area contributed by atoms with Gasteiger partial charge in [-0.1, -0.05) is 25.0 Å². The van der Waals surface area contributed by atoms with E-state index in [1.54, 1.807) is 24.3 Å². The van der Waals surface area contributed by atoms with Crippen molar-refractivity contribution in [2.75, 3.05) is 6.26 Å². The number of rotatable bonds is 4. The number of amidine groups is 1. The zero-order chi connectivity index (χ0) is 13.9. The predicted molar refractivity (Wildman–Crippen MR) is 76.8 cm³/mol. The molecule has 104 valence electrons. The average molecular weight is 280 g/mol. The van der Waals surface area contributed by atoms with Gasteiger partial charge in [0, 0.05) is 12.2 Å². The van der Waals surface area contributed by atoms with Crippen LogP contribution >= 0.6 is 0 Å². The Morgan fingerprint density at radius 1 is 1.26 bits per heavy atom. The van der Waals surface area contributed by atoms with E-state index < -0.39 is 9.84 Å². The molecule has 19 heavy (non-hydrogen) atoms. The topological polar surface area (TPSA) is 72.5 Å². The summed E-state index contributed by atoms with van der Waals surface area (Å²) in [5, 5.41) is 0. The van der Waals surface area contributed by atoms with Crippen molar-refractivity contribution in [3.05, 3.63) is 29.8 Å². The van der Waals surface area contributed by atoms with E-state index in [-0.39, 0.29) is 0 Å². The lowest BCUT2D eigenvalue weighted by Gasteiger charge is -2.08. The summed E-state index contributed by atoms with van der Waals surface area (Å²) < 4.78 is 22.7. The van der Waals surface area contributed by atoms with Crippen LogP contribution in [0.5, 0.6) is 0 Å². The summed E-state index contributed by atoms with van der Waals surface area (Å²) in [6.07, 6.45) is 5.97. The summed E-state index contributed by atoms with van der Waals surface area (Å²) in [4.78, 5) is 4.75. The highest BCUT2D eigenvalue weighted by Crippen LogP contribution is 2.24. The van der Waals surface area contributed by atoms with Crippen molar-refractivity contribution in [2.24, 2.45) is 16.6 Å². The SMILES string of the molecule is CS(=O)(=O)c1ccc(CN=C(N)C2CCCC2)cc1. The van der Waals surface area contributed by atoms with E-state index in [0.29, 0.717) is 17.4 Å². The van der Waals surface area contributed by atoms with Gasteiger partial charge in [-0.3, -0.25) is 4.99 Å². The van der Waals surface area contributed by atoms with Gasteiger partial charge in [0.1, 0.15) is 0 Å². The number of sulfone groups is 1. The Kier molecular flexibility index (Phi) is 4.24. The summed E-state index contributed by atoms with van der Waals surface area (Å²) in [5.41, 5.74) is 6.96. The molecule has 5 heteroatoms. The molecule has 0 spiro atoms. The number of nitrogens with zero attached hydrogens (tertiary/aromatic N) is 1. The standard InChI is InChI=1S/C14H20N2O2S/c1-19(17,18)13-8-6-11(7-9-13)10-16-14(15)12-4-2-3-5-12/h6-9,12H,2-5,10H2,1H3,(H2,15,16). The third-order valence-electron chi connectivity index (χ3n) is 3.57. The number of aliphatic imine (C=N–C) groups is 1. The Morgan fingerprint density at radius 2 is 1.84 bits per heavy atom. The van der Waals surface area contributed by atoms with Crippen LogP contribution in [0.3, 0.4) is 0 Å². The van der Waals surface area contributed by atoms with Crippen molar-refractivity contribution < 1.29 is 8.42 Å². The molecule has 0 unspecified atom stereocenters. The minimum absolute atomic E-state index is 0.337. The lowest BCUT2D eigenvalue weighted by atomic mass is 10.1. The third-order valence-corrected chi connectivity index (χ3v) is 4.70. The van der Waals surface area contributed by atoms with E-state index in [1.165, 1.54) is 19.1 Å².